The molecule has 0 radical (unpaired) electrons. The van der Waals surface area contributed by atoms with Gasteiger partial charge in [-0.2, -0.15) is 5.10 Å². The zero-order valence-electron chi connectivity index (χ0n) is 21.8. The highest BCUT2D eigenvalue weighted by atomic mass is 32.1. The van der Waals surface area contributed by atoms with E-state index in [1.165, 1.54) is 52.3 Å². The van der Waals surface area contributed by atoms with Gasteiger partial charge >= 0.3 is 0 Å². The first-order chi connectivity index (χ1) is 19.7. The van der Waals surface area contributed by atoms with Crippen LogP contribution in [0.5, 0.6) is 0 Å². The van der Waals surface area contributed by atoms with Crippen LogP contribution < -0.4 is 5.32 Å². The molecule has 2 aromatic carbocycles. The lowest BCUT2D eigenvalue weighted by atomic mass is 9.92. The van der Waals surface area contributed by atoms with Crippen LogP contribution in [0, 0.1) is 12.7 Å². The summed E-state index contributed by atoms with van der Waals surface area (Å²) in [6.45, 7) is 2.66. The topological polar surface area (TPSA) is 173 Å². The lowest BCUT2D eigenvalue weighted by Crippen LogP contribution is -2.53. The van der Waals surface area contributed by atoms with Crippen molar-refractivity contribution >= 4 is 33.1 Å². The van der Waals surface area contributed by atoms with Gasteiger partial charge in [0.15, 0.2) is 5.82 Å². The van der Waals surface area contributed by atoms with Crippen LogP contribution >= 0.6 is 11.3 Å². The minimum atomic E-state index is -1.39. The number of anilines is 1. The molecule has 41 heavy (non-hydrogen) atoms. The van der Waals surface area contributed by atoms with Crippen LogP contribution in [0.4, 0.5) is 10.1 Å². The normalized spacial score (nSPS) is 22.7. The average Bonchev–Trinajstić information content (AvgIpc) is 3.69. The van der Waals surface area contributed by atoms with E-state index in [2.05, 4.69) is 30.7 Å². The molecule has 0 bridgehead atoms. The van der Waals surface area contributed by atoms with Gasteiger partial charge in [0, 0.05) is 12.5 Å². The number of hydrogen-bond donors (Lipinski definition) is 4. The van der Waals surface area contributed by atoms with E-state index in [0.29, 0.717) is 11.3 Å². The summed E-state index contributed by atoms with van der Waals surface area (Å²) in [5.41, 5.74) is 2.16. The fourth-order valence-electron chi connectivity index (χ4n) is 4.95. The number of hydrogen-bond acceptors (Lipinski definition) is 11. The van der Waals surface area contributed by atoms with Gasteiger partial charge in [-0.1, -0.05) is 11.3 Å². The number of benzene rings is 2. The van der Waals surface area contributed by atoms with Crippen LogP contribution in [0.3, 0.4) is 0 Å². The van der Waals surface area contributed by atoms with E-state index < -0.39 is 48.8 Å². The molecule has 1 amide bonds. The molecule has 1 aliphatic heterocycles. The maximum Gasteiger partial charge on any atom is 0.221 e. The van der Waals surface area contributed by atoms with Gasteiger partial charge < -0.3 is 25.4 Å². The molecule has 6 rings (SSSR count). The Morgan fingerprint density at radius 3 is 2.78 bits per heavy atom. The second-order valence-electron chi connectivity index (χ2n) is 9.62. The Hall–Kier alpha value is -4.15. The van der Waals surface area contributed by atoms with Crippen LogP contribution in [0.25, 0.3) is 27.2 Å². The molecule has 0 aliphatic carbocycles. The summed E-state index contributed by atoms with van der Waals surface area (Å²) < 4.78 is 24.2. The molecule has 15 heteroatoms. The first-order valence-corrected chi connectivity index (χ1v) is 13.4. The third-order valence-corrected chi connectivity index (χ3v) is 7.77. The predicted molar refractivity (Wildman–Crippen MR) is 145 cm³/mol. The van der Waals surface area contributed by atoms with E-state index >= 15 is 0 Å². The number of halogens is 1. The number of rotatable bonds is 6. The van der Waals surface area contributed by atoms with E-state index in [1.54, 1.807) is 6.07 Å². The predicted octanol–water partition coefficient (Wildman–Crippen LogP) is 1.94. The number of nitrogens with zero attached hydrogens (tertiary/aromatic N) is 7. The summed E-state index contributed by atoms with van der Waals surface area (Å²) in [4.78, 5) is 20.1. The minimum absolute atomic E-state index is 0.0197. The van der Waals surface area contributed by atoms with Gasteiger partial charge in [0.1, 0.15) is 48.3 Å². The number of aliphatic hydroxyl groups is 3. The Kier molecular flexibility index (Phi) is 7.04. The summed E-state index contributed by atoms with van der Waals surface area (Å²) in [6.07, 6.45) is -2.18. The SMILES string of the molecule is CC(=O)Nc1ccc(-c2cn([C@H]3[C@@H](O)[C@@H](CO)O[C@@H](c4ncnn4-c4ccc5nc(C)sc5c4)[C@@H]3O)nn2)cc1F. The van der Waals surface area contributed by atoms with E-state index in [0.717, 1.165) is 15.2 Å². The van der Waals surface area contributed by atoms with Gasteiger partial charge in [0.05, 0.1) is 39.4 Å². The Bertz CT molecular complexity index is 1740. The largest absolute Gasteiger partial charge is 0.394 e. The number of amides is 1. The third-order valence-electron chi connectivity index (χ3n) is 6.84. The number of carbonyl (C=O) groups is 1. The lowest BCUT2D eigenvalue weighted by molar-refractivity contribution is -0.210. The number of thiazole rings is 1. The highest BCUT2D eigenvalue weighted by Crippen LogP contribution is 2.38. The van der Waals surface area contributed by atoms with Gasteiger partial charge in [0.2, 0.25) is 5.91 Å². The number of aliphatic hydroxyl groups excluding tert-OH is 3. The summed E-state index contributed by atoms with van der Waals surface area (Å²) in [7, 11) is 0. The fraction of sp³-hybridized carbons (Fsp3) is 0.308. The molecule has 4 heterocycles. The standard InChI is InChI=1S/C26H25FN8O5S/c1-12(37)30-17-5-3-14(7-16(17)27)19-9-34(33-32-19)22-23(38)20(10-36)40-25(24(22)39)26-28-11-29-35(26)15-4-6-18-21(8-15)41-13(2)31-18/h3-9,11,20,22-25,36,38-39H,10H2,1-2H3,(H,30,37)/t20-,22+,23+,24-,25-/m1/s1. The third kappa shape index (κ3) is 4.98. The van der Waals surface area contributed by atoms with Crippen LogP contribution in [0.2, 0.25) is 0 Å². The molecule has 3 aromatic heterocycles. The maximum absolute atomic E-state index is 14.5. The first-order valence-electron chi connectivity index (χ1n) is 12.6. The zero-order valence-corrected chi connectivity index (χ0v) is 22.6. The molecular weight excluding hydrogens is 555 g/mol. The van der Waals surface area contributed by atoms with Gasteiger partial charge in [-0.25, -0.2) is 23.7 Å². The van der Waals surface area contributed by atoms with Gasteiger partial charge in [-0.15, -0.1) is 16.4 Å². The highest BCUT2D eigenvalue weighted by molar-refractivity contribution is 7.18. The van der Waals surface area contributed by atoms with Gasteiger partial charge in [-0.3, -0.25) is 4.79 Å². The van der Waals surface area contributed by atoms with Crippen LogP contribution in [0.1, 0.15) is 29.9 Å². The molecule has 1 fully saturated rings. The van der Waals surface area contributed by atoms with E-state index in [1.807, 2.05) is 25.1 Å². The Labute approximate surface area is 235 Å². The second kappa shape index (κ2) is 10.7. The first kappa shape index (κ1) is 27.0. The van der Waals surface area contributed by atoms with E-state index in [9.17, 15) is 24.5 Å². The molecule has 5 atom stereocenters. The number of ether oxygens (including phenoxy) is 1. The summed E-state index contributed by atoms with van der Waals surface area (Å²) >= 11 is 1.53. The Morgan fingerprint density at radius 1 is 1.20 bits per heavy atom. The molecule has 0 saturated carbocycles. The average molecular weight is 581 g/mol. The maximum atomic E-state index is 14.5. The highest BCUT2D eigenvalue weighted by Gasteiger charge is 2.48. The van der Waals surface area contributed by atoms with Crippen LogP contribution in [-0.2, 0) is 9.53 Å². The van der Waals surface area contributed by atoms with Crippen molar-refractivity contribution in [3.05, 3.63) is 65.6 Å². The zero-order chi connectivity index (χ0) is 28.8. The molecule has 0 spiro atoms. The smallest absolute Gasteiger partial charge is 0.221 e. The molecule has 5 aromatic rings. The van der Waals surface area contributed by atoms with Crippen LogP contribution in [-0.4, -0.2) is 80.9 Å². The lowest BCUT2D eigenvalue weighted by Gasteiger charge is -2.41. The number of fused-ring (bicyclic) bond motifs is 1. The Morgan fingerprint density at radius 2 is 2.02 bits per heavy atom. The quantitative estimate of drug-likeness (QED) is 0.232. The molecule has 0 unspecified atom stereocenters. The molecule has 1 saturated heterocycles. The molecule has 212 valence electrons. The molecule has 1 aliphatic rings. The van der Waals surface area contributed by atoms with Crippen molar-refractivity contribution in [2.45, 2.75) is 44.3 Å². The summed E-state index contributed by atoms with van der Waals surface area (Å²) in [5.74, 6) is -0.817. The van der Waals surface area contributed by atoms with E-state index in [-0.39, 0.29) is 17.2 Å². The van der Waals surface area contributed by atoms with Crippen molar-refractivity contribution in [1.29, 1.82) is 0 Å². The van der Waals surface area contributed by atoms with Gasteiger partial charge in [-0.05, 0) is 37.3 Å². The van der Waals surface area contributed by atoms with E-state index in [4.69, 9.17) is 4.74 Å². The number of aryl methyl sites for hydroxylation is 1. The van der Waals surface area contributed by atoms with Crippen molar-refractivity contribution in [1.82, 2.24) is 34.7 Å². The molecule has 4 N–H and O–H groups in total. The van der Waals surface area contributed by atoms with Crippen molar-refractivity contribution < 1.29 is 29.2 Å². The number of aromatic nitrogens is 7. The second-order valence-corrected chi connectivity index (χ2v) is 10.9. The summed E-state index contributed by atoms with van der Waals surface area (Å²) in [5, 5.41) is 48.4. The summed E-state index contributed by atoms with van der Waals surface area (Å²) in [6, 6.07) is 8.64. The van der Waals surface area contributed by atoms with Crippen LogP contribution in [0.15, 0.2) is 48.9 Å². The Balaban J connectivity index is 1.33. The van der Waals surface area contributed by atoms with Crippen molar-refractivity contribution in [2.75, 3.05) is 11.9 Å². The van der Waals surface area contributed by atoms with Crippen molar-refractivity contribution in [3.8, 4) is 16.9 Å². The molecular formula is C26H25FN8O5S. The van der Waals surface area contributed by atoms with Crippen molar-refractivity contribution in [2.24, 2.45) is 0 Å². The fourth-order valence-corrected chi connectivity index (χ4v) is 5.81. The number of carbonyl (C=O) groups excluding carboxylic acids is 1. The molecule has 13 nitrogen and oxygen atoms in total. The number of nitrogens with one attached hydrogen (secondary N) is 1. The van der Waals surface area contributed by atoms with Gasteiger partial charge in [0.25, 0.3) is 0 Å². The minimum Gasteiger partial charge on any atom is -0.394 e. The van der Waals surface area contributed by atoms with Crippen molar-refractivity contribution in [3.63, 3.8) is 0 Å². The monoisotopic (exact) mass is 580 g/mol.